The highest BCUT2D eigenvalue weighted by Gasteiger charge is 2.40. The SMILES string of the molecule is CCOC(=O)Cc1cc(OC)c(C2(Cl)CCCCC2)c([N+](=O)[O-])c1. The van der Waals surface area contributed by atoms with Crippen LogP contribution in [-0.4, -0.2) is 24.6 Å². The van der Waals surface area contributed by atoms with E-state index in [0.29, 0.717) is 29.7 Å². The molecule has 0 aromatic heterocycles. The molecule has 1 aliphatic carbocycles. The summed E-state index contributed by atoms with van der Waals surface area (Å²) in [6.07, 6.45) is 4.22. The number of alkyl halides is 1. The van der Waals surface area contributed by atoms with Gasteiger partial charge in [0.2, 0.25) is 0 Å². The van der Waals surface area contributed by atoms with Gasteiger partial charge in [0.1, 0.15) is 5.75 Å². The molecule has 1 aliphatic rings. The zero-order chi connectivity index (χ0) is 17.7. The van der Waals surface area contributed by atoms with E-state index in [1.165, 1.54) is 13.2 Å². The van der Waals surface area contributed by atoms with Crippen molar-refractivity contribution in [3.05, 3.63) is 33.4 Å². The predicted octanol–water partition coefficient (Wildman–Crippen LogP) is 4.11. The zero-order valence-electron chi connectivity index (χ0n) is 14.0. The average molecular weight is 356 g/mol. The maximum atomic E-state index is 11.7. The van der Waals surface area contributed by atoms with Crippen molar-refractivity contribution in [3.8, 4) is 5.75 Å². The number of nitrogens with zero attached hydrogens (tertiary/aromatic N) is 1. The van der Waals surface area contributed by atoms with Crippen molar-refractivity contribution in [1.29, 1.82) is 0 Å². The lowest BCUT2D eigenvalue weighted by molar-refractivity contribution is -0.386. The maximum Gasteiger partial charge on any atom is 0.310 e. The Morgan fingerprint density at radius 2 is 2.00 bits per heavy atom. The Balaban J connectivity index is 2.49. The van der Waals surface area contributed by atoms with Gasteiger partial charge in [-0.1, -0.05) is 19.3 Å². The van der Waals surface area contributed by atoms with Gasteiger partial charge in [0, 0.05) is 6.07 Å². The van der Waals surface area contributed by atoms with Crippen molar-refractivity contribution < 1.29 is 19.2 Å². The summed E-state index contributed by atoms with van der Waals surface area (Å²) in [6, 6.07) is 3.06. The molecular formula is C17H22ClNO5. The molecule has 0 heterocycles. The van der Waals surface area contributed by atoms with Crippen molar-refractivity contribution >= 4 is 23.3 Å². The van der Waals surface area contributed by atoms with Crippen molar-refractivity contribution in [2.24, 2.45) is 0 Å². The van der Waals surface area contributed by atoms with Crippen molar-refractivity contribution in [1.82, 2.24) is 0 Å². The van der Waals surface area contributed by atoms with Crippen molar-refractivity contribution in [2.75, 3.05) is 13.7 Å². The third-order valence-corrected chi connectivity index (χ3v) is 4.87. The fourth-order valence-corrected chi connectivity index (χ4v) is 3.71. The Hall–Kier alpha value is -1.82. The summed E-state index contributed by atoms with van der Waals surface area (Å²) >= 11 is 6.77. The van der Waals surface area contributed by atoms with E-state index in [0.717, 1.165) is 19.3 Å². The molecule has 0 unspecified atom stereocenters. The van der Waals surface area contributed by atoms with Crippen LogP contribution in [0.25, 0.3) is 0 Å². The van der Waals surface area contributed by atoms with Crippen LogP contribution in [0.1, 0.15) is 50.2 Å². The normalized spacial score (nSPS) is 16.5. The van der Waals surface area contributed by atoms with Crippen LogP contribution in [0.15, 0.2) is 12.1 Å². The first kappa shape index (κ1) is 18.5. The number of esters is 1. The Bertz CT molecular complexity index is 626. The molecule has 0 amide bonds. The van der Waals surface area contributed by atoms with Gasteiger partial charge in [0.15, 0.2) is 0 Å². The molecule has 1 fully saturated rings. The molecule has 132 valence electrons. The maximum absolute atomic E-state index is 11.7. The van der Waals surface area contributed by atoms with E-state index in [9.17, 15) is 14.9 Å². The molecule has 2 rings (SSSR count). The Morgan fingerprint density at radius 3 is 2.54 bits per heavy atom. The highest BCUT2D eigenvalue weighted by molar-refractivity contribution is 6.24. The highest BCUT2D eigenvalue weighted by atomic mass is 35.5. The Kier molecular flexibility index (Phi) is 6.04. The van der Waals surface area contributed by atoms with Crippen molar-refractivity contribution in [3.63, 3.8) is 0 Å². The van der Waals surface area contributed by atoms with E-state index in [-0.39, 0.29) is 18.7 Å². The van der Waals surface area contributed by atoms with Gasteiger partial charge in [-0.2, -0.15) is 0 Å². The molecule has 0 spiro atoms. The third-order valence-electron chi connectivity index (χ3n) is 4.31. The molecule has 1 aromatic carbocycles. The van der Waals surface area contributed by atoms with Crippen LogP contribution >= 0.6 is 11.6 Å². The first-order valence-electron chi connectivity index (χ1n) is 8.11. The molecule has 0 bridgehead atoms. The van der Waals surface area contributed by atoms with E-state index in [1.807, 2.05) is 0 Å². The van der Waals surface area contributed by atoms with E-state index in [4.69, 9.17) is 21.1 Å². The molecule has 0 radical (unpaired) electrons. The summed E-state index contributed by atoms with van der Waals surface area (Å²) in [4.78, 5) is 22.0. The quantitative estimate of drug-likeness (QED) is 0.332. The number of carbonyl (C=O) groups excluding carboxylic acids is 1. The van der Waals surface area contributed by atoms with Gasteiger partial charge in [-0.05, 0) is 31.4 Å². The fraction of sp³-hybridized carbons (Fsp3) is 0.588. The molecule has 0 N–H and O–H groups in total. The van der Waals surface area contributed by atoms with Crippen molar-refractivity contribution in [2.45, 2.75) is 50.3 Å². The molecule has 0 aliphatic heterocycles. The summed E-state index contributed by atoms with van der Waals surface area (Å²) in [5, 5.41) is 11.6. The Morgan fingerprint density at radius 1 is 1.33 bits per heavy atom. The smallest absolute Gasteiger partial charge is 0.310 e. The number of nitro groups is 1. The van der Waals surface area contributed by atoms with Crippen LogP contribution in [0.3, 0.4) is 0 Å². The van der Waals surface area contributed by atoms with Crippen LogP contribution < -0.4 is 4.74 Å². The summed E-state index contributed by atoms with van der Waals surface area (Å²) in [5.74, 6) is -0.0692. The lowest BCUT2D eigenvalue weighted by atomic mass is 9.81. The van der Waals surface area contributed by atoms with Gasteiger partial charge in [-0.25, -0.2) is 0 Å². The fourth-order valence-electron chi connectivity index (χ4n) is 3.25. The summed E-state index contributed by atoms with van der Waals surface area (Å²) in [6.45, 7) is 1.98. The van der Waals surface area contributed by atoms with E-state index in [2.05, 4.69) is 0 Å². The second-order valence-corrected chi connectivity index (χ2v) is 6.68. The standard InChI is InChI=1S/C17H22ClNO5/c1-3-24-15(20)11-12-9-13(19(21)22)16(14(10-12)23-2)17(18)7-5-4-6-8-17/h9-10H,3-8,11H2,1-2H3. The minimum Gasteiger partial charge on any atom is -0.496 e. The predicted molar refractivity (Wildman–Crippen MR) is 90.6 cm³/mol. The van der Waals surface area contributed by atoms with E-state index in [1.54, 1.807) is 13.0 Å². The molecular weight excluding hydrogens is 334 g/mol. The first-order chi connectivity index (χ1) is 11.4. The summed E-state index contributed by atoms with van der Waals surface area (Å²) in [5.41, 5.74) is 0.811. The number of benzene rings is 1. The number of carbonyl (C=O) groups is 1. The number of halogens is 1. The van der Waals surface area contributed by atoms with Gasteiger partial charge < -0.3 is 9.47 Å². The average Bonchev–Trinajstić information content (AvgIpc) is 2.54. The van der Waals surface area contributed by atoms with Gasteiger partial charge in [-0.3, -0.25) is 14.9 Å². The molecule has 1 saturated carbocycles. The molecule has 6 nitrogen and oxygen atoms in total. The molecule has 0 atom stereocenters. The second-order valence-electron chi connectivity index (χ2n) is 5.96. The van der Waals surface area contributed by atoms with Crippen LogP contribution in [0.5, 0.6) is 5.75 Å². The number of nitro benzene ring substituents is 1. The number of rotatable bonds is 6. The van der Waals surface area contributed by atoms with Crippen LogP contribution in [0.2, 0.25) is 0 Å². The summed E-state index contributed by atoms with van der Waals surface area (Å²) < 4.78 is 10.3. The second kappa shape index (κ2) is 7.83. The van der Waals surface area contributed by atoms with Gasteiger partial charge >= 0.3 is 5.97 Å². The largest absolute Gasteiger partial charge is 0.496 e. The van der Waals surface area contributed by atoms with Crippen LogP contribution in [0, 0.1) is 10.1 Å². The monoisotopic (exact) mass is 355 g/mol. The highest BCUT2D eigenvalue weighted by Crippen LogP contribution is 2.50. The van der Waals surface area contributed by atoms with E-state index >= 15 is 0 Å². The lowest BCUT2D eigenvalue weighted by Gasteiger charge is -2.32. The van der Waals surface area contributed by atoms with Crippen LogP contribution in [-0.2, 0) is 20.8 Å². The van der Waals surface area contributed by atoms with E-state index < -0.39 is 15.8 Å². The van der Waals surface area contributed by atoms with Gasteiger partial charge in [-0.15, -0.1) is 11.6 Å². The minimum absolute atomic E-state index is 0.0411. The lowest BCUT2D eigenvalue weighted by Crippen LogP contribution is -2.24. The van der Waals surface area contributed by atoms with Crippen LogP contribution in [0.4, 0.5) is 5.69 Å². The number of methoxy groups -OCH3 is 1. The summed E-state index contributed by atoms with van der Waals surface area (Å²) in [7, 11) is 1.46. The molecule has 7 heteroatoms. The Labute approximate surface area is 146 Å². The van der Waals surface area contributed by atoms with Gasteiger partial charge in [0.05, 0.1) is 35.5 Å². The number of hydrogen-bond acceptors (Lipinski definition) is 5. The number of ether oxygens (including phenoxy) is 2. The minimum atomic E-state index is -0.797. The molecule has 0 saturated heterocycles. The number of hydrogen-bond donors (Lipinski definition) is 0. The third kappa shape index (κ3) is 3.98. The topological polar surface area (TPSA) is 78.7 Å². The first-order valence-corrected chi connectivity index (χ1v) is 8.49. The molecule has 1 aromatic rings. The molecule has 24 heavy (non-hydrogen) atoms. The zero-order valence-corrected chi connectivity index (χ0v) is 14.7. The van der Waals surface area contributed by atoms with Gasteiger partial charge in [0.25, 0.3) is 5.69 Å².